The third-order valence-electron chi connectivity index (χ3n) is 5.43. The van der Waals surface area contributed by atoms with Crippen LogP contribution in [0.25, 0.3) is 0 Å². The van der Waals surface area contributed by atoms with Gasteiger partial charge in [-0.1, -0.05) is 12.1 Å². The summed E-state index contributed by atoms with van der Waals surface area (Å²) in [6.07, 6.45) is 3.65. The van der Waals surface area contributed by atoms with Crippen LogP contribution in [-0.2, 0) is 0 Å². The maximum atomic E-state index is 5.52. The highest BCUT2D eigenvalue weighted by molar-refractivity contribution is 14.0. The maximum absolute atomic E-state index is 5.52. The Hall–Kier alpha value is -1.22. The molecule has 2 unspecified atom stereocenters. The first-order valence-electron chi connectivity index (χ1n) is 9.84. The highest BCUT2D eigenvalue weighted by atomic mass is 127. The third-order valence-corrected chi connectivity index (χ3v) is 5.43. The van der Waals surface area contributed by atoms with Crippen LogP contribution in [0, 0.1) is 0 Å². The number of methoxy groups -OCH3 is 1. The van der Waals surface area contributed by atoms with Crippen molar-refractivity contribution in [2.45, 2.75) is 38.3 Å². The van der Waals surface area contributed by atoms with Crippen molar-refractivity contribution in [2.75, 3.05) is 51.8 Å². The number of guanidine groups is 1. The van der Waals surface area contributed by atoms with Crippen LogP contribution in [-0.4, -0.2) is 69.8 Å². The quantitative estimate of drug-likeness (QED) is 0.367. The molecule has 152 valence electrons. The molecule has 2 aliphatic rings. The van der Waals surface area contributed by atoms with E-state index in [1.165, 1.54) is 25.1 Å². The Labute approximate surface area is 180 Å². The molecule has 1 aromatic carbocycles. The van der Waals surface area contributed by atoms with Crippen LogP contribution in [0.4, 0.5) is 5.69 Å². The van der Waals surface area contributed by atoms with Gasteiger partial charge in [0.2, 0.25) is 0 Å². The largest absolute Gasteiger partial charge is 0.495 e. The first-order valence-corrected chi connectivity index (χ1v) is 9.84. The minimum Gasteiger partial charge on any atom is -0.495 e. The highest BCUT2D eigenvalue weighted by Crippen LogP contribution is 2.30. The molecule has 27 heavy (non-hydrogen) atoms. The molecule has 0 spiro atoms. The molecule has 2 saturated heterocycles. The summed E-state index contributed by atoms with van der Waals surface area (Å²) < 4.78 is 5.52. The number of halogens is 1. The van der Waals surface area contributed by atoms with Gasteiger partial charge in [-0.3, -0.25) is 4.99 Å². The van der Waals surface area contributed by atoms with Gasteiger partial charge in [-0.2, -0.15) is 0 Å². The predicted octanol–water partition coefficient (Wildman–Crippen LogP) is 2.54. The molecule has 2 N–H and O–H groups in total. The highest BCUT2D eigenvalue weighted by Gasteiger charge is 2.25. The Morgan fingerprint density at radius 3 is 2.78 bits per heavy atom. The molecule has 0 aromatic heterocycles. The Bertz CT molecular complexity index is 612. The van der Waals surface area contributed by atoms with Gasteiger partial charge in [0.25, 0.3) is 0 Å². The number of nitrogens with zero attached hydrogens (tertiary/aromatic N) is 3. The number of likely N-dealkylation sites (N-methyl/N-ethyl adjacent to an activating group) is 1. The lowest BCUT2D eigenvalue weighted by Gasteiger charge is -2.22. The molecule has 0 amide bonds. The number of nitrogens with one attached hydrogen (secondary N) is 2. The van der Waals surface area contributed by atoms with E-state index in [0.717, 1.165) is 44.3 Å². The van der Waals surface area contributed by atoms with Crippen molar-refractivity contribution in [3.8, 4) is 5.75 Å². The average Bonchev–Trinajstić information content (AvgIpc) is 3.29. The number of anilines is 1. The fourth-order valence-corrected chi connectivity index (χ4v) is 3.91. The van der Waals surface area contributed by atoms with Gasteiger partial charge in [0.15, 0.2) is 5.96 Å². The lowest BCUT2D eigenvalue weighted by Crippen LogP contribution is -2.45. The van der Waals surface area contributed by atoms with Crippen molar-refractivity contribution in [1.29, 1.82) is 0 Å². The molecule has 0 saturated carbocycles. The molecule has 6 nitrogen and oxygen atoms in total. The van der Waals surface area contributed by atoms with Crippen LogP contribution in [0.3, 0.4) is 0 Å². The minimum absolute atomic E-state index is 0. The summed E-state index contributed by atoms with van der Waals surface area (Å²) in [5, 5.41) is 7.03. The second-order valence-electron chi connectivity index (χ2n) is 7.24. The molecule has 2 atom stereocenters. The van der Waals surface area contributed by atoms with Crippen LogP contribution in [0.1, 0.15) is 26.2 Å². The predicted molar refractivity (Wildman–Crippen MR) is 124 cm³/mol. The van der Waals surface area contributed by atoms with E-state index in [9.17, 15) is 0 Å². The molecule has 2 aliphatic heterocycles. The molecule has 2 heterocycles. The van der Waals surface area contributed by atoms with Crippen molar-refractivity contribution in [1.82, 2.24) is 15.5 Å². The van der Waals surface area contributed by atoms with Crippen molar-refractivity contribution in [2.24, 2.45) is 4.99 Å². The summed E-state index contributed by atoms with van der Waals surface area (Å²) in [4.78, 5) is 9.67. The van der Waals surface area contributed by atoms with Crippen LogP contribution < -0.4 is 20.3 Å². The Morgan fingerprint density at radius 1 is 1.26 bits per heavy atom. The van der Waals surface area contributed by atoms with Crippen LogP contribution in [0.5, 0.6) is 5.75 Å². The topological polar surface area (TPSA) is 52.1 Å². The van der Waals surface area contributed by atoms with Gasteiger partial charge in [-0.15, -0.1) is 24.0 Å². The van der Waals surface area contributed by atoms with Crippen molar-refractivity contribution in [3.63, 3.8) is 0 Å². The summed E-state index contributed by atoms with van der Waals surface area (Å²) in [5.41, 5.74) is 1.17. The van der Waals surface area contributed by atoms with E-state index >= 15 is 0 Å². The smallest absolute Gasteiger partial charge is 0.191 e. The summed E-state index contributed by atoms with van der Waals surface area (Å²) >= 11 is 0. The molecule has 0 bridgehead atoms. The number of hydrogen-bond acceptors (Lipinski definition) is 4. The number of para-hydroxylation sites is 2. The zero-order valence-corrected chi connectivity index (χ0v) is 19.1. The van der Waals surface area contributed by atoms with E-state index in [1.54, 1.807) is 7.11 Å². The monoisotopic (exact) mass is 487 g/mol. The Balaban J connectivity index is 0.00000261. The number of likely N-dealkylation sites (tertiary alicyclic amines) is 1. The van der Waals surface area contributed by atoms with Gasteiger partial charge < -0.3 is 25.2 Å². The zero-order chi connectivity index (χ0) is 18.4. The SMILES string of the molecule is CCNC(=NCC1CCCN1C)NC1CCN(c2ccccc2OC)C1.I. The molecule has 7 heteroatoms. The van der Waals surface area contributed by atoms with Gasteiger partial charge in [-0.25, -0.2) is 0 Å². The third kappa shape index (κ3) is 5.88. The number of benzene rings is 1. The van der Waals surface area contributed by atoms with Crippen molar-refractivity contribution < 1.29 is 4.74 Å². The normalized spacial score (nSPS) is 23.2. The molecule has 3 rings (SSSR count). The molecular weight excluding hydrogens is 453 g/mol. The van der Waals surface area contributed by atoms with Crippen LogP contribution >= 0.6 is 24.0 Å². The number of hydrogen-bond donors (Lipinski definition) is 2. The lowest BCUT2D eigenvalue weighted by molar-refractivity contribution is 0.317. The fourth-order valence-electron chi connectivity index (χ4n) is 3.91. The summed E-state index contributed by atoms with van der Waals surface area (Å²) in [5.74, 6) is 1.89. The molecule has 0 aliphatic carbocycles. The summed E-state index contributed by atoms with van der Waals surface area (Å²) in [6.45, 7) is 7.07. The van der Waals surface area contributed by atoms with E-state index in [4.69, 9.17) is 9.73 Å². The van der Waals surface area contributed by atoms with E-state index in [1.807, 2.05) is 12.1 Å². The van der Waals surface area contributed by atoms with Gasteiger partial charge in [0.1, 0.15) is 5.75 Å². The second-order valence-corrected chi connectivity index (χ2v) is 7.24. The first kappa shape index (κ1) is 22.1. The van der Waals surface area contributed by atoms with E-state index in [2.05, 4.69) is 46.5 Å². The average molecular weight is 487 g/mol. The number of ether oxygens (including phenoxy) is 1. The standard InChI is InChI=1S/C20H33N5O.HI/c1-4-21-20(22-14-17-8-7-12-24(17)2)23-16-11-13-25(15-16)18-9-5-6-10-19(18)26-3;/h5-6,9-10,16-17H,4,7-8,11-15H2,1-3H3,(H2,21,22,23);1H. The number of rotatable bonds is 6. The fraction of sp³-hybridized carbons (Fsp3) is 0.650. The van der Waals surface area contributed by atoms with Gasteiger partial charge in [0, 0.05) is 31.7 Å². The minimum atomic E-state index is 0. The van der Waals surface area contributed by atoms with Gasteiger partial charge in [-0.05, 0) is 51.9 Å². The molecular formula is C20H34IN5O. The van der Waals surface area contributed by atoms with Crippen LogP contribution in [0.15, 0.2) is 29.3 Å². The van der Waals surface area contributed by atoms with Crippen molar-refractivity contribution >= 4 is 35.6 Å². The van der Waals surface area contributed by atoms with E-state index in [0.29, 0.717) is 12.1 Å². The maximum Gasteiger partial charge on any atom is 0.191 e. The Morgan fingerprint density at radius 2 is 2.07 bits per heavy atom. The Kier molecular flexibility index (Phi) is 8.95. The van der Waals surface area contributed by atoms with E-state index in [-0.39, 0.29) is 24.0 Å². The number of aliphatic imine (C=N–C) groups is 1. The molecule has 2 fully saturated rings. The lowest BCUT2D eigenvalue weighted by atomic mass is 10.2. The van der Waals surface area contributed by atoms with Crippen LogP contribution in [0.2, 0.25) is 0 Å². The van der Waals surface area contributed by atoms with E-state index < -0.39 is 0 Å². The summed E-state index contributed by atoms with van der Waals surface area (Å²) in [6, 6.07) is 9.24. The summed E-state index contributed by atoms with van der Waals surface area (Å²) in [7, 11) is 3.94. The molecule has 1 aromatic rings. The van der Waals surface area contributed by atoms with Gasteiger partial charge in [0.05, 0.1) is 19.3 Å². The first-order chi connectivity index (χ1) is 12.7. The van der Waals surface area contributed by atoms with Crippen molar-refractivity contribution in [3.05, 3.63) is 24.3 Å². The van der Waals surface area contributed by atoms with Gasteiger partial charge >= 0.3 is 0 Å². The second kappa shape index (κ2) is 10.9. The molecule has 0 radical (unpaired) electrons. The zero-order valence-electron chi connectivity index (χ0n) is 16.8.